The highest BCUT2D eigenvalue weighted by Crippen LogP contribution is 2.44. The van der Waals surface area contributed by atoms with Crippen molar-refractivity contribution in [2.45, 2.75) is 31.4 Å². The number of pyridine rings is 2. The van der Waals surface area contributed by atoms with E-state index >= 15 is 0 Å². The molecule has 24 heavy (non-hydrogen) atoms. The van der Waals surface area contributed by atoms with Crippen LogP contribution >= 0.6 is 0 Å². The molecule has 0 spiro atoms. The van der Waals surface area contributed by atoms with Crippen LogP contribution in [0.3, 0.4) is 0 Å². The molecule has 1 aliphatic heterocycles. The molecule has 0 saturated heterocycles. The first-order chi connectivity index (χ1) is 11.8. The maximum atomic E-state index is 9.43. The molecular formula is C19H19BN4. The third-order valence-corrected chi connectivity index (χ3v) is 4.84. The predicted molar refractivity (Wildman–Crippen MR) is 98.8 cm³/mol. The van der Waals surface area contributed by atoms with E-state index < -0.39 is 0 Å². The highest BCUT2D eigenvalue weighted by atomic mass is 15.2. The molecule has 1 saturated carbocycles. The average molecular weight is 314 g/mol. The number of nitrogens with zero attached hydrogens (tertiary/aromatic N) is 4. The largest absolute Gasteiger partial charge is 0.333 e. The molecule has 1 unspecified atom stereocenters. The van der Waals surface area contributed by atoms with Gasteiger partial charge in [0.15, 0.2) is 0 Å². The molecule has 0 aromatic carbocycles. The summed E-state index contributed by atoms with van der Waals surface area (Å²) in [5.41, 5.74) is 2.75. The van der Waals surface area contributed by atoms with E-state index in [1.165, 1.54) is 12.8 Å². The van der Waals surface area contributed by atoms with Crippen LogP contribution in [0.15, 0.2) is 42.6 Å². The van der Waals surface area contributed by atoms with Gasteiger partial charge in [-0.3, -0.25) is 0 Å². The molecule has 118 valence electrons. The highest BCUT2D eigenvalue weighted by molar-refractivity contribution is 6.71. The van der Waals surface area contributed by atoms with Crippen LogP contribution in [-0.2, 0) is 0 Å². The summed E-state index contributed by atoms with van der Waals surface area (Å²) in [5.74, 6) is 4.35. The summed E-state index contributed by atoms with van der Waals surface area (Å²) >= 11 is 0. The molecule has 0 amide bonds. The summed E-state index contributed by atoms with van der Waals surface area (Å²) in [6.45, 7) is 2.98. The standard InChI is InChI=1S/C19H19BN4/c1-2-3-16-6-7-18-17(22-16)8-9-19(23-18)24-11-10-15(12-24)20(13-21)14-4-5-14/h2-3,6-11,14-15H,4-5,12H2,1H3/b3-2+. The molecule has 2 aromatic rings. The lowest BCUT2D eigenvalue weighted by Gasteiger charge is -2.18. The third-order valence-electron chi connectivity index (χ3n) is 4.84. The maximum absolute atomic E-state index is 9.43. The minimum absolute atomic E-state index is 0.150. The summed E-state index contributed by atoms with van der Waals surface area (Å²) in [4.78, 5) is 11.5. The molecule has 0 radical (unpaired) electrons. The molecule has 3 heterocycles. The van der Waals surface area contributed by atoms with Crippen molar-refractivity contribution >= 4 is 29.6 Å². The minimum Gasteiger partial charge on any atom is -0.333 e. The molecule has 0 N–H and O–H groups in total. The van der Waals surface area contributed by atoms with Gasteiger partial charge in [-0.15, -0.1) is 0 Å². The number of fused-ring (bicyclic) bond motifs is 1. The van der Waals surface area contributed by atoms with Gasteiger partial charge in [-0.05, 0) is 48.9 Å². The fourth-order valence-electron chi connectivity index (χ4n) is 3.41. The Kier molecular flexibility index (Phi) is 3.82. The van der Waals surface area contributed by atoms with Gasteiger partial charge in [-0.25, -0.2) is 15.2 Å². The van der Waals surface area contributed by atoms with Crippen molar-refractivity contribution in [3.05, 3.63) is 48.3 Å². The lowest BCUT2D eigenvalue weighted by Crippen LogP contribution is -2.25. The average Bonchev–Trinajstić information content (AvgIpc) is 3.32. The minimum atomic E-state index is 0.150. The van der Waals surface area contributed by atoms with Crippen LogP contribution in [0, 0.1) is 11.2 Å². The molecule has 4 rings (SSSR count). The fourth-order valence-corrected chi connectivity index (χ4v) is 3.41. The molecule has 2 aromatic heterocycles. The van der Waals surface area contributed by atoms with Crippen LogP contribution in [0.2, 0.25) is 11.6 Å². The molecule has 5 heteroatoms. The van der Waals surface area contributed by atoms with E-state index in [1.807, 2.05) is 43.3 Å². The van der Waals surface area contributed by atoms with Crippen molar-refractivity contribution < 1.29 is 0 Å². The lowest BCUT2D eigenvalue weighted by atomic mass is 9.39. The van der Waals surface area contributed by atoms with Crippen LogP contribution in [0.5, 0.6) is 0 Å². The van der Waals surface area contributed by atoms with Crippen molar-refractivity contribution in [3.63, 3.8) is 0 Å². The van der Waals surface area contributed by atoms with Crippen LogP contribution < -0.4 is 4.90 Å². The van der Waals surface area contributed by atoms with Crippen LogP contribution in [0.4, 0.5) is 5.82 Å². The van der Waals surface area contributed by atoms with E-state index in [0.717, 1.165) is 29.1 Å². The Labute approximate surface area is 142 Å². The molecular weight excluding hydrogens is 295 g/mol. The van der Waals surface area contributed by atoms with Crippen molar-refractivity contribution in [1.82, 2.24) is 9.97 Å². The number of rotatable bonds is 4. The number of aromatic nitrogens is 2. The molecule has 2 aliphatic rings. The number of nitriles is 1. The fraction of sp³-hybridized carbons (Fsp3) is 0.316. The van der Waals surface area contributed by atoms with E-state index in [1.54, 1.807) is 0 Å². The van der Waals surface area contributed by atoms with Crippen LogP contribution in [-0.4, -0.2) is 23.2 Å². The normalized spacial score (nSPS) is 20.0. The summed E-state index contributed by atoms with van der Waals surface area (Å²) in [7, 11) is 0. The topological polar surface area (TPSA) is 52.8 Å². The predicted octanol–water partition coefficient (Wildman–Crippen LogP) is 4.09. The van der Waals surface area contributed by atoms with Gasteiger partial charge in [0.1, 0.15) is 5.82 Å². The first-order valence-electron chi connectivity index (χ1n) is 8.53. The summed E-state index contributed by atoms with van der Waals surface area (Å²) in [5, 5.41) is 9.43. The van der Waals surface area contributed by atoms with E-state index in [9.17, 15) is 5.26 Å². The molecule has 1 aliphatic carbocycles. The van der Waals surface area contributed by atoms with Gasteiger partial charge in [-0.1, -0.05) is 25.0 Å². The summed E-state index contributed by atoms with van der Waals surface area (Å²) in [6, 6.07) is 8.04. The van der Waals surface area contributed by atoms with Gasteiger partial charge in [0.05, 0.1) is 16.7 Å². The van der Waals surface area contributed by atoms with Crippen molar-refractivity contribution in [2.24, 2.45) is 0 Å². The number of hydrogen-bond acceptors (Lipinski definition) is 4. The second kappa shape index (κ2) is 6.12. The molecule has 0 bridgehead atoms. The van der Waals surface area contributed by atoms with Crippen molar-refractivity contribution in [3.8, 4) is 5.97 Å². The Balaban J connectivity index is 1.55. The Morgan fingerprint density at radius 1 is 1.21 bits per heavy atom. The van der Waals surface area contributed by atoms with E-state index in [4.69, 9.17) is 4.98 Å². The number of anilines is 1. The zero-order chi connectivity index (χ0) is 16.5. The van der Waals surface area contributed by atoms with Gasteiger partial charge < -0.3 is 4.90 Å². The van der Waals surface area contributed by atoms with E-state index in [2.05, 4.69) is 28.1 Å². The van der Waals surface area contributed by atoms with Crippen molar-refractivity contribution in [2.75, 3.05) is 11.4 Å². The van der Waals surface area contributed by atoms with Gasteiger partial charge in [-0.2, -0.15) is 0 Å². The Morgan fingerprint density at radius 2 is 2.00 bits per heavy atom. The van der Waals surface area contributed by atoms with E-state index in [0.29, 0.717) is 11.6 Å². The van der Waals surface area contributed by atoms with Gasteiger partial charge in [0, 0.05) is 18.7 Å². The van der Waals surface area contributed by atoms with Crippen LogP contribution in [0.25, 0.3) is 17.1 Å². The number of allylic oxidation sites excluding steroid dienone is 1. The summed E-state index contributed by atoms with van der Waals surface area (Å²) in [6.07, 6.45) is 10.6. The van der Waals surface area contributed by atoms with Gasteiger partial charge >= 0.3 is 0 Å². The molecule has 1 fully saturated rings. The molecule has 1 atom stereocenters. The Bertz CT molecular complexity index is 863. The lowest BCUT2D eigenvalue weighted by molar-refractivity contribution is 0.954. The SMILES string of the molecule is C/C=C/c1ccc2nc(N3C=CC(B(C#N)C4CC4)C3)ccc2n1. The zero-order valence-electron chi connectivity index (χ0n) is 13.8. The number of hydrogen-bond donors (Lipinski definition) is 0. The van der Waals surface area contributed by atoms with Crippen LogP contribution in [0.1, 0.15) is 25.5 Å². The Morgan fingerprint density at radius 3 is 2.75 bits per heavy atom. The first-order valence-corrected chi connectivity index (χ1v) is 8.53. The maximum Gasteiger partial charge on any atom is 0.279 e. The summed E-state index contributed by atoms with van der Waals surface area (Å²) < 4.78 is 0. The quantitative estimate of drug-likeness (QED) is 0.798. The van der Waals surface area contributed by atoms with Gasteiger partial charge in [0.25, 0.3) is 6.71 Å². The second-order valence-electron chi connectivity index (χ2n) is 6.59. The smallest absolute Gasteiger partial charge is 0.279 e. The second-order valence-corrected chi connectivity index (χ2v) is 6.59. The third kappa shape index (κ3) is 2.80. The van der Waals surface area contributed by atoms with E-state index in [-0.39, 0.29) is 6.71 Å². The van der Waals surface area contributed by atoms with Crippen molar-refractivity contribution in [1.29, 1.82) is 5.26 Å². The highest BCUT2D eigenvalue weighted by Gasteiger charge is 2.41. The zero-order valence-corrected chi connectivity index (χ0v) is 13.8. The van der Waals surface area contributed by atoms with Gasteiger partial charge in [0.2, 0.25) is 0 Å². The monoisotopic (exact) mass is 314 g/mol. The Hall–Kier alpha value is -2.61. The molecule has 4 nitrogen and oxygen atoms in total. The first kappa shape index (κ1) is 15.0.